The van der Waals surface area contributed by atoms with Gasteiger partial charge >= 0.3 is 0 Å². The van der Waals surface area contributed by atoms with Gasteiger partial charge in [-0.1, -0.05) is 48.5 Å². The Morgan fingerprint density at radius 3 is 2.37 bits per heavy atom. The molecule has 4 aromatic carbocycles. The lowest BCUT2D eigenvalue weighted by atomic mass is 9.98. The highest BCUT2D eigenvalue weighted by Crippen LogP contribution is 2.36. The number of hydrogen-bond acceptors (Lipinski definition) is 4. The van der Waals surface area contributed by atoms with Crippen LogP contribution in [0.25, 0.3) is 32.8 Å². The first kappa shape index (κ1) is 28.4. The number of fused-ring (bicyclic) bond motifs is 3. The molecule has 0 aliphatic carbocycles. The third-order valence-corrected chi connectivity index (χ3v) is 8.33. The molecule has 2 heterocycles. The highest BCUT2D eigenvalue weighted by molar-refractivity contribution is 6.33. The van der Waals surface area contributed by atoms with Gasteiger partial charge in [0, 0.05) is 42.5 Å². The van der Waals surface area contributed by atoms with E-state index in [0.29, 0.717) is 54.1 Å². The van der Waals surface area contributed by atoms with Crippen molar-refractivity contribution < 1.29 is 18.3 Å². The zero-order chi connectivity index (χ0) is 30.2. The van der Waals surface area contributed by atoms with Crippen molar-refractivity contribution >= 4 is 44.9 Å². The molecule has 9 heteroatoms. The molecule has 0 atom stereocenters. The normalized spacial score (nSPS) is 13.5. The molecule has 1 amide bonds. The number of nitrogens with zero attached hydrogens (tertiary/aromatic N) is 3. The molecule has 1 saturated heterocycles. The first-order chi connectivity index (χ1) is 20.8. The van der Waals surface area contributed by atoms with Crippen molar-refractivity contribution in [1.29, 1.82) is 0 Å². The standard InChI is InChI=1S/C34H28ClF2N3O3/c1-3-30(41)39-17-15-38(16-18-39)28-14-13-25-32(33(28)37)24-12-9-22(31-26(35)5-4-6-27(31)36)19-29(24)40(34(25)42)20-21-7-10-23(43-2)11-8-21/h3-14,19H,1,15-18,20H2,2H3. The van der Waals surface area contributed by atoms with Crippen LogP contribution in [0.15, 0.2) is 90.2 Å². The quantitative estimate of drug-likeness (QED) is 0.162. The van der Waals surface area contributed by atoms with Crippen molar-refractivity contribution in [2.45, 2.75) is 6.54 Å². The summed E-state index contributed by atoms with van der Waals surface area (Å²) in [7, 11) is 1.58. The van der Waals surface area contributed by atoms with Crippen LogP contribution in [0.1, 0.15) is 5.56 Å². The van der Waals surface area contributed by atoms with Gasteiger partial charge in [0.15, 0.2) is 5.82 Å². The van der Waals surface area contributed by atoms with Gasteiger partial charge in [0.05, 0.1) is 35.3 Å². The Morgan fingerprint density at radius 2 is 1.70 bits per heavy atom. The van der Waals surface area contributed by atoms with E-state index in [-0.39, 0.29) is 39.4 Å². The predicted octanol–water partition coefficient (Wildman–Crippen LogP) is 6.64. The monoisotopic (exact) mass is 599 g/mol. The largest absolute Gasteiger partial charge is 0.497 e. The van der Waals surface area contributed by atoms with E-state index in [1.54, 1.807) is 53.0 Å². The molecule has 1 aliphatic rings. The molecule has 6 nitrogen and oxygen atoms in total. The van der Waals surface area contributed by atoms with Crippen molar-refractivity contribution in [3.8, 4) is 16.9 Å². The van der Waals surface area contributed by atoms with E-state index < -0.39 is 11.6 Å². The van der Waals surface area contributed by atoms with Gasteiger partial charge in [-0.15, -0.1) is 0 Å². The van der Waals surface area contributed by atoms with Crippen LogP contribution in [0.4, 0.5) is 14.5 Å². The molecular formula is C34H28ClF2N3O3. The summed E-state index contributed by atoms with van der Waals surface area (Å²) in [4.78, 5) is 29.6. The van der Waals surface area contributed by atoms with Gasteiger partial charge in [0.1, 0.15) is 11.6 Å². The lowest BCUT2D eigenvalue weighted by Gasteiger charge is -2.36. The molecule has 0 spiro atoms. The number of piperazine rings is 1. The maximum Gasteiger partial charge on any atom is 0.259 e. The number of rotatable bonds is 6. The topological polar surface area (TPSA) is 54.8 Å². The van der Waals surface area contributed by atoms with Crippen LogP contribution in [-0.2, 0) is 11.3 Å². The Labute approximate surface area is 252 Å². The van der Waals surface area contributed by atoms with Crippen molar-refractivity contribution in [3.05, 3.63) is 118 Å². The molecule has 1 aliphatic heterocycles. The third kappa shape index (κ3) is 5.12. The number of halogens is 3. The average Bonchev–Trinajstić information content (AvgIpc) is 3.03. The number of carbonyl (C=O) groups is 1. The molecule has 1 fully saturated rings. The van der Waals surface area contributed by atoms with Gasteiger partial charge in [0.2, 0.25) is 5.91 Å². The second-order valence-electron chi connectivity index (χ2n) is 10.4. The van der Waals surface area contributed by atoms with Gasteiger partial charge in [-0.25, -0.2) is 8.78 Å². The van der Waals surface area contributed by atoms with Crippen molar-refractivity contribution in [3.63, 3.8) is 0 Å². The number of benzene rings is 4. The Balaban J connectivity index is 1.54. The lowest BCUT2D eigenvalue weighted by Crippen LogP contribution is -2.48. The first-order valence-corrected chi connectivity index (χ1v) is 14.2. The summed E-state index contributed by atoms with van der Waals surface area (Å²) >= 11 is 6.39. The van der Waals surface area contributed by atoms with Gasteiger partial charge in [-0.2, -0.15) is 0 Å². The highest BCUT2D eigenvalue weighted by Gasteiger charge is 2.25. The Hall–Kier alpha value is -4.69. The van der Waals surface area contributed by atoms with E-state index in [1.807, 2.05) is 29.2 Å². The van der Waals surface area contributed by atoms with E-state index >= 15 is 4.39 Å². The molecule has 5 aromatic rings. The van der Waals surface area contributed by atoms with E-state index in [9.17, 15) is 14.0 Å². The minimum absolute atomic E-state index is 0.159. The summed E-state index contributed by atoms with van der Waals surface area (Å²) in [5, 5.41) is 1.17. The van der Waals surface area contributed by atoms with Crippen LogP contribution >= 0.6 is 11.6 Å². The third-order valence-electron chi connectivity index (χ3n) is 8.01. The molecule has 0 saturated carbocycles. The maximum absolute atomic E-state index is 16.5. The summed E-state index contributed by atoms with van der Waals surface area (Å²) in [6, 6.07) is 20.2. The van der Waals surface area contributed by atoms with Crippen LogP contribution in [0.5, 0.6) is 5.75 Å². The summed E-state index contributed by atoms with van der Waals surface area (Å²) < 4.78 is 38.3. The van der Waals surface area contributed by atoms with Gasteiger partial charge in [0.25, 0.3) is 5.56 Å². The molecule has 1 aromatic heterocycles. The lowest BCUT2D eigenvalue weighted by molar-refractivity contribution is -0.126. The number of pyridine rings is 1. The van der Waals surface area contributed by atoms with Crippen LogP contribution in [0, 0.1) is 11.6 Å². The first-order valence-electron chi connectivity index (χ1n) is 13.8. The zero-order valence-corrected chi connectivity index (χ0v) is 24.2. The van der Waals surface area contributed by atoms with Crippen LogP contribution < -0.4 is 15.2 Å². The van der Waals surface area contributed by atoms with Crippen molar-refractivity contribution in [2.24, 2.45) is 0 Å². The van der Waals surface area contributed by atoms with E-state index in [0.717, 1.165) is 5.56 Å². The van der Waals surface area contributed by atoms with Gasteiger partial charge in [-0.05, 0) is 59.7 Å². The van der Waals surface area contributed by atoms with Gasteiger partial charge < -0.3 is 19.1 Å². The summed E-state index contributed by atoms with van der Waals surface area (Å²) in [6.45, 7) is 5.47. The molecular weight excluding hydrogens is 572 g/mol. The van der Waals surface area contributed by atoms with Crippen molar-refractivity contribution in [1.82, 2.24) is 9.47 Å². The molecule has 0 bridgehead atoms. The fourth-order valence-electron chi connectivity index (χ4n) is 5.77. The minimum Gasteiger partial charge on any atom is -0.497 e. The molecule has 6 rings (SSSR count). The Bertz CT molecular complexity index is 1930. The number of anilines is 1. The van der Waals surface area contributed by atoms with Crippen LogP contribution in [0.3, 0.4) is 0 Å². The van der Waals surface area contributed by atoms with E-state index in [2.05, 4.69) is 6.58 Å². The summed E-state index contributed by atoms with van der Waals surface area (Å²) in [5.74, 6) is -0.497. The number of methoxy groups -OCH3 is 1. The Kier molecular flexibility index (Phi) is 7.62. The highest BCUT2D eigenvalue weighted by atomic mass is 35.5. The number of ether oxygens (including phenoxy) is 1. The fourth-order valence-corrected chi connectivity index (χ4v) is 6.04. The Morgan fingerprint density at radius 1 is 0.977 bits per heavy atom. The summed E-state index contributed by atoms with van der Waals surface area (Å²) in [6.07, 6.45) is 1.28. The fraction of sp³-hybridized carbons (Fsp3) is 0.176. The van der Waals surface area contributed by atoms with E-state index in [1.165, 1.54) is 18.2 Å². The zero-order valence-electron chi connectivity index (χ0n) is 23.4. The number of hydrogen-bond donors (Lipinski definition) is 0. The molecule has 0 N–H and O–H groups in total. The smallest absolute Gasteiger partial charge is 0.259 e. The second-order valence-corrected chi connectivity index (χ2v) is 10.8. The molecule has 43 heavy (non-hydrogen) atoms. The maximum atomic E-state index is 16.5. The summed E-state index contributed by atoms with van der Waals surface area (Å²) in [5.41, 5.74) is 1.94. The number of amides is 1. The number of carbonyl (C=O) groups excluding carboxylic acids is 1. The second kappa shape index (κ2) is 11.5. The van der Waals surface area contributed by atoms with Crippen LogP contribution in [0.2, 0.25) is 5.02 Å². The molecule has 0 unspecified atom stereocenters. The van der Waals surface area contributed by atoms with Crippen LogP contribution in [-0.4, -0.2) is 48.7 Å². The average molecular weight is 600 g/mol. The predicted molar refractivity (Wildman–Crippen MR) is 167 cm³/mol. The van der Waals surface area contributed by atoms with E-state index in [4.69, 9.17) is 16.3 Å². The number of aromatic nitrogens is 1. The molecule has 218 valence electrons. The molecule has 0 radical (unpaired) electrons. The van der Waals surface area contributed by atoms with Gasteiger partial charge in [-0.3, -0.25) is 9.59 Å². The minimum atomic E-state index is -0.517. The SMILES string of the molecule is C=CC(=O)N1CCN(c2ccc3c(=O)n(Cc4ccc(OC)cc4)c4cc(-c5c(F)cccc5Cl)ccc4c3c2F)CC1. The van der Waals surface area contributed by atoms with Crippen molar-refractivity contribution in [2.75, 3.05) is 38.2 Å².